The van der Waals surface area contributed by atoms with Gasteiger partial charge in [-0.25, -0.2) is 0 Å². The van der Waals surface area contributed by atoms with Gasteiger partial charge in [-0.05, 0) is 47.8 Å². The van der Waals surface area contributed by atoms with Crippen molar-refractivity contribution in [2.45, 2.75) is 41.8 Å². The molecule has 0 radical (unpaired) electrons. The van der Waals surface area contributed by atoms with E-state index in [0.717, 1.165) is 0 Å². The van der Waals surface area contributed by atoms with E-state index in [2.05, 4.69) is 0 Å². The lowest BCUT2D eigenvalue weighted by atomic mass is 9.55. The normalized spacial score (nSPS) is 26.2. The van der Waals surface area contributed by atoms with Crippen molar-refractivity contribution in [1.82, 2.24) is 0 Å². The number of hydrogen-bond donors (Lipinski definition) is 0. The topological polar surface area (TPSA) is 0 Å². The molecule has 1 fully saturated rings. The highest BCUT2D eigenvalue weighted by Gasteiger charge is 2.84. The fourth-order valence-electron chi connectivity index (χ4n) is 6.53. The lowest BCUT2D eigenvalue weighted by molar-refractivity contribution is -0.258. The third-order valence-electron chi connectivity index (χ3n) is 8.16. The molecule has 0 nitrogen and oxygen atoms in total. The zero-order chi connectivity index (χ0) is 27.1. The summed E-state index contributed by atoms with van der Waals surface area (Å²) < 4.78 is 91.1. The van der Waals surface area contributed by atoms with E-state index in [1.54, 1.807) is 97.9 Å². The lowest BCUT2D eigenvalue weighted by Crippen LogP contribution is -2.52. The van der Waals surface area contributed by atoms with Crippen LogP contribution in [-0.4, -0.2) is 22.5 Å². The molecule has 6 rings (SSSR count). The molecule has 3 aromatic carbocycles. The fraction of sp³-hybridized carbons (Fsp3) is 0.226. The first kappa shape index (κ1) is 25.1. The number of fused-ring (bicyclic) bond motifs is 2. The minimum atomic E-state index is -5.59. The first-order chi connectivity index (χ1) is 17.9. The van der Waals surface area contributed by atoms with Crippen LogP contribution in [0.3, 0.4) is 0 Å². The quantitative estimate of drug-likeness (QED) is 0.299. The Morgan fingerprint density at radius 3 is 1.55 bits per heavy atom. The Bertz CT molecular complexity index is 1480. The van der Waals surface area contributed by atoms with Crippen molar-refractivity contribution < 1.29 is 26.3 Å². The number of thioether (sulfide) groups is 1. The molecular weight excluding hydrogens is 518 g/mol. The van der Waals surface area contributed by atoms with Gasteiger partial charge in [0.1, 0.15) is 0 Å². The zero-order valence-electron chi connectivity index (χ0n) is 20.4. The van der Waals surface area contributed by atoms with Crippen LogP contribution in [0.25, 0.3) is 4.91 Å². The average molecular weight is 541 g/mol. The molecule has 0 amide bonds. The smallest absolute Gasteiger partial charge is 0.194 e. The maximum absolute atomic E-state index is 15.6. The van der Waals surface area contributed by atoms with E-state index in [4.69, 9.17) is 0 Å². The molecule has 0 saturated heterocycles. The van der Waals surface area contributed by atoms with Gasteiger partial charge in [0, 0.05) is 16.1 Å². The first-order valence-electron chi connectivity index (χ1n) is 12.1. The highest BCUT2D eigenvalue weighted by molar-refractivity contribution is 8.10. The summed E-state index contributed by atoms with van der Waals surface area (Å²) in [6, 6.07) is 26.4. The summed E-state index contributed by atoms with van der Waals surface area (Å²) in [4.78, 5) is 0.551. The molecule has 3 aromatic rings. The largest absolute Gasteiger partial charge is 0.380 e. The Labute approximate surface area is 220 Å². The number of rotatable bonds is 3. The van der Waals surface area contributed by atoms with Gasteiger partial charge in [-0.15, -0.1) is 11.8 Å². The average Bonchev–Trinajstić information content (AvgIpc) is 3.31. The van der Waals surface area contributed by atoms with Crippen molar-refractivity contribution in [2.24, 2.45) is 0 Å². The molecule has 0 bridgehead atoms. The molecule has 0 aromatic heterocycles. The molecule has 0 N–H and O–H groups in total. The summed E-state index contributed by atoms with van der Waals surface area (Å²) in [7, 11) is 0. The Balaban J connectivity index is 1.81. The number of alkyl halides is 6. The van der Waals surface area contributed by atoms with Gasteiger partial charge < -0.3 is 0 Å². The van der Waals surface area contributed by atoms with E-state index in [0.29, 0.717) is 21.6 Å². The van der Waals surface area contributed by atoms with Gasteiger partial charge in [0.25, 0.3) is 0 Å². The molecule has 1 heterocycles. The number of hydrogen-bond acceptors (Lipinski definition) is 1. The van der Waals surface area contributed by atoms with Crippen molar-refractivity contribution in [3.63, 3.8) is 0 Å². The highest BCUT2D eigenvalue weighted by Crippen LogP contribution is 2.73. The van der Waals surface area contributed by atoms with E-state index in [1.165, 1.54) is 24.8 Å². The number of benzene rings is 3. The van der Waals surface area contributed by atoms with Crippen LogP contribution >= 0.6 is 11.8 Å². The van der Waals surface area contributed by atoms with E-state index in [9.17, 15) is 0 Å². The number of allylic oxidation sites excluding steroid dienone is 4. The number of halogens is 6. The maximum atomic E-state index is 15.6. The van der Waals surface area contributed by atoms with Gasteiger partial charge in [0.05, 0.1) is 10.2 Å². The van der Waals surface area contributed by atoms with Crippen molar-refractivity contribution >= 4 is 16.7 Å². The monoisotopic (exact) mass is 540 g/mol. The van der Waals surface area contributed by atoms with E-state index in [1.807, 2.05) is 0 Å². The van der Waals surface area contributed by atoms with Crippen molar-refractivity contribution in [3.05, 3.63) is 136 Å². The molecule has 0 spiro atoms. The molecule has 7 heteroatoms. The van der Waals surface area contributed by atoms with Crippen LogP contribution in [0.4, 0.5) is 26.3 Å². The Morgan fingerprint density at radius 2 is 1.05 bits per heavy atom. The third-order valence-corrected chi connectivity index (χ3v) is 9.67. The molecule has 3 aliphatic rings. The minimum absolute atomic E-state index is 0.198. The minimum Gasteiger partial charge on any atom is -0.194 e. The van der Waals surface area contributed by atoms with Crippen LogP contribution in [0.2, 0.25) is 0 Å². The second-order valence-electron chi connectivity index (χ2n) is 10.0. The summed E-state index contributed by atoms with van der Waals surface area (Å²) in [6.45, 7) is 3.02. The summed E-state index contributed by atoms with van der Waals surface area (Å²) in [5.41, 5.74) is -2.58. The van der Waals surface area contributed by atoms with E-state index < -0.39 is 39.1 Å². The Hall–Kier alpha value is -3.19. The van der Waals surface area contributed by atoms with Crippen LogP contribution in [0.15, 0.2) is 119 Å². The van der Waals surface area contributed by atoms with Crippen molar-refractivity contribution in [2.75, 3.05) is 0 Å². The van der Waals surface area contributed by atoms with E-state index >= 15 is 26.3 Å². The molecule has 1 unspecified atom stereocenters. The van der Waals surface area contributed by atoms with Crippen LogP contribution in [0.1, 0.15) is 30.5 Å². The van der Waals surface area contributed by atoms with Gasteiger partial charge in [0.15, 0.2) is 0 Å². The molecule has 1 saturated carbocycles. The molecule has 1 aliphatic heterocycles. The summed E-state index contributed by atoms with van der Waals surface area (Å²) in [5.74, 6) is -15.7. The van der Waals surface area contributed by atoms with Crippen LogP contribution in [-0.2, 0) is 5.41 Å². The van der Waals surface area contributed by atoms with Gasteiger partial charge in [-0.1, -0.05) is 91.0 Å². The standard InChI is InChI=1S/C31H22F6S/c1-19-25-26(30(34,35)31(36,37)29(25,32)33)23-18-24(20-12-6-3-7-13-20)38-27(23,2)28(19,21-14-8-4-9-15-21)22-16-10-5-11-17-22/h3-18H,1-2H3. The summed E-state index contributed by atoms with van der Waals surface area (Å²) >= 11 is 1.25. The van der Waals surface area contributed by atoms with Gasteiger partial charge in [-0.2, -0.15) is 26.3 Å². The lowest BCUT2D eigenvalue weighted by Gasteiger charge is -2.52. The second-order valence-corrected chi connectivity index (χ2v) is 11.5. The first-order valence-corrected chi connectivity index (χ1v) is 12.9. The Morgan fingerprint density at radius 1 is 0.605 bits per heavy atom. The predicted molar refractivity (Wildman–Crippen MR) is 139 cm³/mol. The van der Waals surface area contributed by atoms with Crippen molar-refractivity contribution in [3.8, 4) is 0 Å². The second kappa shape index (κ2) is 7.92. The summed E-state index contributed by atoms with van der Waals surface area (Å²) in [6.07, 6.45) is 1.41. The summed E-state index contributed by atoms with van der Waals surface area (Å²) in [5, 5.41) is 0. The highest BCUT2D eigenvalue weighted by atomic mass is 32.2. The zero-order valence-corrected chi connectivity index (χ0v) is 21.2. The fourth-order valence-corrected chi connectivity index (χ4v) is 8.21. The molecule has 38 heavy (non-hydrogen) atoms. The molecule has 194 valence electrons. The Kier molecular flexibility index (Phi) is 5.23. The molecule has 1 atom stereocenters. The van der Waals surface area contributed by atoms with Crippen molar-refractivity contribution in [1.29, 1.82) is 0 Å². The van der Waals surface area contributed by atoms with E-state index in [-0.39, 0.29) is 11.1 Å². The van der Waals surface area contributed by atoms with Crippen LogP contribution in [0, 0.1) is 0 Å². The SMILES string of the molecule is CC1=C2C(=C3C=C(c4ccccc4)SC3(C)C1(c1ccccc1)c1ccccc1)C(F)(F)C(F)(F)C2(F)F. The molecule has 2 aliphatic carbocycles. The van der Waals surface area contributed by atoms with Crippen LogP contribution in [0.5, 0.6) is 0 Å². The van der Waals surface area contributed by atoms with Crippen LogP contribution < -0.4 is 0 Å². The molecular formula is C31H22F6S. The predicted octanol–water partition coefficient (Wildman–Crippen LogP) is 9.07. The maximum Gasteiger partial charge on any atom is 0.380 e. The van der Waals surface area contributed by atoms with Gasteiger partial charge in [-0.3, -0.25) is 0 Å². The third kappa shape index (κ3) is 2.80. The van der Waals surface area contributed by atoms with Gasteiger partial charge >= 0.3 is 17.8 Å². The van der Waals surface area contributed by atoms with Gasteiger partial charge in [0.2, 0.25) is 0 Å².